The summed E-state index contributed by atoms with van der Waals surface area (Å²) in [5.74, 6) is 0. The maximum atomic E-state index is 2.41. The molecule has 0 atom stereocenters. The van der Waals surface area contributed by atoms with Crippen LogP contribution in [-0.2, 0) is 0 Å². The summed E-state index contributed by atoms with van der Waals surface area (Å²) in [6, 6.07) is 77.3. The molecule has 1 heterocycles. The molecule has 1 heteroatoms. The lowest BCUT2D eigenvalue weighted by molar-refractivity contribution is 1.18. The van der Waals surface area contributed by atoms with Crippen LogP contribution in [0.25, 0.3) is 105 Å². The first-order chi connectivity index (χ1) is 28.3. The van der Waals surface area contributed by atoms with Crippen molar-refractivity contribution in [1.29, 1.82) is 0 Å². The van der Waals surface area contributed by atoms with Crippen LogP contribution in [0.4, 0.5) is 0 Å². The van der Waals surface area contributed by atoms with Gasteiger partial charge in [0.2, 0.25) is 0 Å². The molecule has 0 aliphatic carbocycles. The van der Waals surface area contributed by atoms with Gasteiger partial charge in [0.15, 0.2) is 0 Å². The number of para-hydroxylation sites is 2. The molecular formula is C56H37N. The summed E-state index contributed by atoms with van der Waals surface area (Å²) in [6.45, 7) is 0. The summed E-state index contributed by atoms with van der Waals surface area (Å²) in [5.41, 5.74) is 13.4. The van der Waals surface area contributed by atoms with Gasteiger partial charge >= 0.3 is 0 Å². The SMILES string of the molecule is C(=Cc1ccc(-c2ccccc2)c2ccccc12)c1ccc(-c2c3ccccc3c(-c3ccc4c5ccccc5n(-c5ccccc5)c4c3)c3ccccc23)cc1. The highest BCUT2D eigenvalue weighted by Crippen LogP contribution is 2.45. The smallest absolute Gasteiger partial charge is 0.0547 e. The standard InChI is InChI=1S/C56H37N/c1-3-15-39(16-4-1)45-35-33-40(44-19-7-8-20-46(44)45)30-27-38-28-31-41(32-29-38)55-49-22-9-11-24-51(49)56(52-25-12-10-23-50(52)55)42-34-36-48-47-21-13-14-26-53(47)57(54(48)37-42)43-17-5-2-6-18-43/h1-37H. The molecule has 0 saturated heterocycles. The monoisotopic (exact) mass is 723 g/mol. The zero-order valence-corrected chi connectivity index (χ0v) is 31.3. The van der Waals surface area contributed by atoms with Crippen molar-refractivity contribution < 1.29 is 0 Å². The molecule has 0 saturated carbocycles. The Labute approximate surface area is 332 Å². The van der Waals surface area contributed by atoms with Crippen molar-refractivity contribution in [3.8, 4) is 39.1 Å². The molecule has 0 bridgehead atoms. The molecule has 11 aromatic rings. The van der Waals surface area contributed by atoms with Crippen LogP contribution in [0, 0.1) is 0 Å². The Morgan fingerprint density at radius 3 is 1.47 bits per heavy atom. The van der Waals surface area contributed by atoms with Crippen molar-refractivity contribution in [3.05, 3.63) is 223 Å². The van der Waals surface area contributed by atoms with E-state index in [2.05, 4.69) is 229 Å². The lowest BCUT2D eigenvalue weighted by Crippen LogP contribution is -1.94. The predicted octanol–water partition coefficient (Wildman–Crippen LogP) is 15.4. The summed E-state index contributed by atoms with van der Waals surface area (Å²) in [4.78, 5) is 0. The van der Waals surface area contributed by atoms with Crippen LogP contribution in [0.1, 0.15) is 11.1 Å². The Kier molecular flexibility index (Phi) is 7.89. The first kappa shape index (κ1) is 32.9. The number of aromatic nitrogens is 1. The van der Waals surface area contributed by atoms with Gasteiger partial charge in [-0.05, 0) is 101 Å². The fraction of sp³-hybridized carbons (Fsp3) is 0. The third kappa shape index (κ3) is 5.55. The van der Waals surface area contributed by atoms with E-state index >= 15 is 0 Å². The molecule has 0 spiro atoms. The molecule has 266 valence electrons. The first-order valence-corrected chi connectivity index (χ1v) is 19.7. The van der Waals surface area contributed by atoms with Crippen molar-refractivity contribution in [3.63, 3.8) is 0 Å². The van der Waals surface area contributed by atoms with Gasteiger partial charge in [0.25, 0.3) is 0 Å². The van der Waals surface area contributed by atoms with Crippen LogP contribution in [0.5, 0.6) is 0 Å². The highest BCUT2D eigenvalue weighted by atomic mass is 15.0. The number of hydrogen-bond donors (Lipinski definition) is 0. The van der Waals surface area contributed by atoms with Crippen LogP contribution < -0.4 is 0 Å². The second-order valence-electron chi connectivity index (χ2n) is 14.8. The van der Waals surface area contributed by atoms with E-state index in [0.717, 1.165) is 0 Å². The lowest BCUT2D eigenvalue weighted by atomic mass is 9.85. The zero-order valence-electron chi connectivity index (χ0n) is 31.3. The largest absolute Gasteiger partial charge is 0.309 e. The molecule has 0 amide bonds. The number of fused-ring (bicyclic) bond motifs is 6. The van der Waals surface area contributed by atoms with Crippen molar-refractivity contribution in [2.45, 2.75) is 0 Å². The van der Waals surface area contributed by atoms with Gasteiger partial charge < -0.3 is 4.57 Å². The van der Waals surface area contributed by atoms with Gasteiger partial charge in [-0.3, -0.25) is 0 Å². The molecule has 0 aliphatic heterocycles. The van der Waals surface area contributed by atoms with Gasteiger partial charge in [0.05, 0.1) is 11.0 Å². The molecule has 0 fully saturated rings. The van der Waals surface area contributed by atoms with Crippen LogP contribution in [-0.4, -0.2) is 4.57 Å². The molecule has 0 radical (unpaired) electrons. The summed E-state index contributed by atoms with van der Waals surface area (Å²) in [7, 11) is 0. The normalized spacial score (nSPS) is 11.8. The number of benzene rings is 10. The first-order valence-electron chi connectivity index (χ1n) is 19.7. The minimum absolute atomic E-state index is 1.17. The molecule has 1 nitrogen and oxygen atoms in total. The third-order valence-electron chi connectivity index (χ3n) is 11.6. The number of hydrogen-bond acceptors (Lipinski definition) is 0. The summed E-state index contributed by atoms with van der Waals surface area (Å²) in [5, 5.41) is 10.1. The molecule has 1 aromatic heterocycles. The Morgan fingerprint density at radius 2 is 0.807 bits per heavy atom. The fourth-order valence-electron chi connectivity index (χ4n) is 9.02. The molecule has 10 aromatic carbocycles. The topological polar surface area (TPSA) is 4.93 Å². The van der Waals surface area contributed by atoms with Gasteiger partial charge in [0, 0.05) is 16.5 Å². The number of nitrogens with zero attached hydrogens (tertiary/aromatic N) is 1. The molecule has 0 aliphatic rings. The van der Waals surface area contributed by atoms with Gasteiger partial charge in [-0.25, -0.2) is 0 Å². The fourth-order valence-corrected chi connectivity index (χ4v) is 9.02. The second kappa shape index (κ2) is 13.7. The molecular weight excluding hydrogens is 687 g/mol. The third-order valence-corrected chi connectivity index (χ3v) is 11.6. The van der Waals surface area contributed by atoms with Gasteiger partial charge in [-0.2, -0.15) is 0 Å². The van der Waals surface area contributed by atoms with Crippen LogP contribution in [0.2, 0.25) is 0 Å². The van der Waals surface area contributed by atoms with E-state index in [1.54, 1.807) is 0 Å². The van der Waals surface area contributed by atoms with E-state index in [1.807, 2.05) is 0 Å². The van der Waals surface area contributed by atoms with E-state index in [9.17, 15) is 0 Å². The average molecular weight is 724 g/mol. The summed E-state index contributed by atoms with van der Waals surface area (Å²) in [6.07, 6.45) is 4.48. The van der Waals surface area contributed by atoms with E-state index in [1.165, 1.54) is 104 Å². The predicted molar refractivity (Wildman–Crippen MR) is 245 cm³/mol. The van der Waals surface area contributed by atoms with Crippen molar-refractivity contribution in [2.75, 3.05) is 0 Å². The Bertz CT molecular complexity index is 3260. The Morgan fingerprint density at radius 1 is 0.298 bits per heavy atom. The van der Waals surface area contributed by atoms with Gasteiger partial charge in [-0.1, -0.05) is 200 Å². The van der Waals surface area contributed by atoms with Gasteiger partial charge in [-0.15, -0.1) is 0 Å². The zero-order chi connectivity index (χ0) is 37.7. The van der Waals surface area contributed by atoms with Crippen LogP contribution in [0.3, 0.4) is 0 Å². The Balaban J connectivity index is 1.02. The minimum Gasteiger partial charge on any atom is -0.309 e. The molecule has 57 heavy (non-hydrogen) atoms. The Hall–Kier alpha value is -7.48. The van der Waals surface area contributed by atoms with Crippen LogP contribution >= 0.6 is 0 Å². The minimum atomic E-state index is 1.17. The highest BCUT2D eigenvalue weighted by Gasteiger charge is 2.19. The second-order valence-corrected chi connectivity index (χ2v) is 14.8. The van der Waals surface area contributed by atoms with E-state index < -0.39 is 0 Å². The number of rotatable bonds is 6. The summed E-state index contributed by atoms with van der Waals surface area (Å²) < 4.78 is 2.41. The van der Waals surface area contributed by atoms with Crippen molar-refractivity contribution in [1.82, 2.24) is 4.57 Å². The van der Waals surface area contributed by atoms with E-state index in [0.29, 0.717) is 0 Å². The van der Waals surface area contributed by atoms with Gasteiger partial charge in [0.1, 0.15) is 0 Å². The average Bonchev–Trinajstić information content (AvgIpc) is 3.62. The van der Waals surface area contributed by atoms with Crippen LogP contribution in [0.15, 0.2) is 212 Å². The molecule has 0 unspecified atom stereocenters. The van der Waals surface area contributed by atoms with Crippen molar-refractivity contribution in [2.24, 2.45) is 0 Å². The van der Waals surface area contributed by atoms with Crippen molar-refractivity contribution >= 4 is 66.3 Å². The lowest BCUT2D eigenvalue weighted by Gasteiger charge is -2.18. The molecule has 11 rings (SSSR count). The summed E-state index contributed by atoms with van der Waals surface area (Å²) >= 11 is 0. The molecule has 0 N–H and O–H groups in total. The maximum Gasteiger partial charge on any atom is 0.0547 e. The highest BCUT2D eigenvalue weighted by molar-refractivity contribution is 6.22. The van der Waals surface area contributed by atoms with E-state index in [4.69, 9.17) is 0 Å². The quantitative estimate of drug-likeness (QED) is 0.119. The maximum absolute atomic E-state index is 2.41. The van der Waals surface area contributed by atoms with E-state index in [-0.39, 0.29) is 0 Å².